The Balaban J connectivity index is 1.25. The number of anilines is 1. The topological polar surface area (TPSA) is 50.8 Å². The number of nitrogens with one attached hydrogen (secondary N) is 1. The Morgan fingerprint density at radius 3 is 2.24 bits per heavy atom. The van der Waals surface area contributed by atoms with Gasteiger partial charge in [0.05, 0.1) is 25.2 Å². The standard InChI is InChI=1S/C24H30N2O3/c1-17(27)25-24(2,3)19-6-8-20(9-7-19)26-14-23(15-26)29-22-12-10-21(11-13-22)28-16-18-4-5-18/h6-13,18,23H,4-5,14-16H2,1-3H3,(H,25,27). The highest BCUT2D eigenvalue weighted by atomic mass is 16.5. The molecular weight excluding hydrogens is 364 g/mol. The Morgan fingerprint density at radius 2 is 1.66 bits per heavy atom. The first kappa shape index (κ1) is 19.6. The predicted octanol–water partition coefficient (Wildman–Crippen LogP) is 4.11. The molecule has 29 heavy (non-hydrogen) atoms. The highest BCUT2D eigenvalue weighted by Crippen LogP contribution is 2.31. The maximum absolute atomic E-state index is 11.4. The minimum atomic E-state index is -0.376. The second-order valence-electron chi connectivity index (χ2n) is 8.72. The molecule has 1 N–H and O–H groups in total. The van der Waals surface area contributed by atoms with Crippen LogP contribution in [0.15, 0.2) is 48.5 Å². The van der Waals surface area contributed by atoms with Crippen molar-refractivity contribution in [2.24, 2.45) is 5.92 Å². The molecular formula is C24H30N2O3. The van der Waals surface area contributed by atoms with Gasteiger partial charge in [-0.25, -0.2) is 0 Å². The highest BCUT2D eigenvalue weighted by molar-refractivity contribution is 5.74. The lowest BCUT2D eigenvalue weighted by atomic mass is 9.93. The molecule has 154 valence electrons. The molecule has 2 aromatic rings. The third kappa shape index (κ3) is 5.03. The van der Waals surface area contributed by atoms with E-state index in [4.69, 9.17) is 9.47 Å². The summed E-state index contributed by atoms with van der Waals surface area (Å²) in [6.45, 7) is 8.14. The van der Waals surface area contributed by atoms with E-state index >= 15 is 0 Å². The molecule has 4 rings (SSSR count). The number of hydrogen-bond donors (Lipinski definition) is 1. The van der Waals surface area contributed by atoms with Crippen molar-refractivity contribution >= 4 is 11.6 Å². The number of nitrogens with zero attached hydrogens (tertiary/aromatic N) is 1. The summed E-state index contributed by atoms with van der Waals surface area (Å²) >= 11 is 0. The van der Waals surface area contributed by atoms with Crippen LogP contribution in [0, 0.1) is 5.92 Å². The zero-order valence-electron chi connectivity index (χ0n) is 17.5. The van der Waals surface area contributed by atoms with Crippen molar-refractivity contribution in [3.8, 4) is 11.5 Å². The number of amides is 1. The number of hydrogen-bond acceptors (Lipinski definition) is 4. The zero-order valence-corrected chi connectivity index (χ0v) is 17.5. The highest BCUT2D eigenvalue weighted by Gasteiger charge is 2.29. The van der Waals surface area contributed by atoms with E-state index in [2.05, 4.69) is 34.5 Å². The van der Waals surface area contributed by atoms with E-state index in [0.29, 0.717) is 0 Å². The number of ether oxygens (including phenoxy) is 2. The van der Waals surface area contributed by atoms with Crippen LogP contribution in [0.2, 0.25) is 0 Å². The number of benzene rings is 2. The summed E-state index contributed by atoms with van der Waals surface area (Å²) in [5, 5.41) is 2.99. The molecule has 2 aromatic carbocycles. The molecule has 1 aliphatic heterocycles. The molecule has 5 nitrogen and oxygen atoms in total. The molecule has 0 spiro atoms. The van der Waals surface area contributed by atoms with E-state index in [1.807, 2.05) is 38.1 Å². The van der Waals surface area contributed by atoms with Crippen molar-refractivity contribution in [3.63, 3.8) is 0 Å². The largest absolute Gasteiger partial charge is 0.493 e. The molecule has 0 aromatic heterocycles. The molecule has 1 heterocycles. The molecule has 0 bridgehead atoms. The van der Waals surface area contributed by atoms with Crippen molar-refractivity contribution < 1.29 is 14.3 Å². The molecule has 1 aliphatic carbocycles. The van der Waals surface area contributed by atoms with Crippen molar-refractivity contribution in [1.82, 2.24) is 5.32 Å². The first-order chi connectivity index (χ1) is 13.9. The third-order valence-electron chi connectivity index (χ3n) is 5.60. The fourth-order valence-electron chi connectivity index (χ4n) is 3.63. The van der Waals surface area contributed by atoms with E-state index in [9.17, 15) is 4.79 Å². The van der Waals surface area contributed by atoms with Gasteiger partial charge in [-0.2, -0.15) is 0 Å². The van der Waals surface area contributed by atoms with Crippen LogP contribution in [0.3, 0.4) is 0 Å². The molecule has 1 saturated heterocycles. The fourth-order valence-corrected chi connectivity index (χ4v) is 3.63. The second-order valence-corrected chi connectivity index (χ2v) is 8.72. The number of carbonyl (C=O) groups is 1. The first-order valence-corrected chi connectivity index (χ1v) is 10.4. The second kappa shape index (κ2) is 7.97. The van der Waals surface area contributed by atoms with Gasteiger partial charge in [0, 0.05) is 12.6 Å². The van der Waals surface area contributed by atoms with Gasteiger partial charge < -0.3 is 19.7 Å². The van der Waals surface area contributed by atoms with E-state index in [1.54, 1.807) is 6.92 Å². The zero-order chi connectivity index (χ0) is 20.4. The normalized spacial score (nSPS) is 16.9. The number of carbonyl (C=O) groups excluding carboxylic acids is 1. The summed E-state index contributed by atoms with van der Waals surface area (Å²) in [7, 11) is 0. The Bertz CT molecular complexity index is 835. The van der Waals surface area contributed by atoms with Gasteiger partial charge in [-0.05, 0) is 74.6 Å². The third-order valence-corrected chi connectivity index (χ3v) is 5.60. The van der Waals surface area contributed by atoms with E-state index < -0.39 is 0 Å². The minimum Gasteiger partial charge on any atom is -0.493 e. The lowest BCUT2D eigenvalue weighted by Gasteiger charge is -2.41. The molecule has 2 aliphatic rings. The molecule has 1 amide bonds. The predicted molar refractivity (Wildman–Crippen MR) is 115 cm³/mol. The van der Waals surface area contributed by atoms with E-state index in [-0.39, 0.29) is 17.6 Å². The summed E-state index contributed by atoms with van der Waals surface area (Å²) in [6.07, 6.45) is 2.80. The summed E-state index contributed by atoms with van der Waals surface area (Å²) in [5.74, 6) is 2.55. The van der Waals surface area contributed by atoms with E-state index in [0.717, 1.165) is 42.7 Å². The molecule has 1 saturated carbocycles. The minimum absolute atomic E-state index is 0.0238. The maximum Gasteiger partial charge on any atom is 0.217 e. The summed E-state index contributed by atoms with van der Waals surface area (Å²) in [6, 6.07) is 16.4. The quantitative estimate of drug-likeness (QED) is 0.732. The monoisotopic (exact) mass is 394 g/mol. The van der Waals surface area contributed by atoms with Gasteiger partial charge in [0.15, 0.2) is 0 Å². The Hall–Kier alpha value is -2.69. The van der Waals surface area contributed by atoms with Crippen molar-refractivity contribution in [3.05, 3.63) is 54.1 Å². The van der Waals surface area contributed by atoms with Gasteiger partial charge in [0.25, 0.3) is 0 Å². The van der Waals surface area contributed by atoms with Crippen LogP contribution in [-0.2, 0) is 10.3 Å². The van der Waals surface area contributed by atoms with Crippen molar-refractivity contribution in [2.45, 2.75) is 45.3 Å². The van der Waals surface area contributed by atoms with Crippen LogP contribution >= 0.6 is 0 Å². The van der Waals surface area contributed by atoms with Crippen LogP contribution in [0.25, 0.3) is 0 Å². The Kier molecular flexibility index (Phi) is 5.39. The maximum atomic E-state index is 11.4. The van der Waals surface area contributed by atoms with Gasteiger partial charge in [-0.15, -0.1) is 0 Å². The molecule has 0 atom stereocenters. The fraction of sp³-hybridized carbons (Fsp3) is 0.458. The van der Waals surface area contributed by atoms with Crippen LogP contribution in [-0.4, -0.2) is 31.7 Å². The summed E-state index contributed by atoms with van der Waals surface area (Å²) in [4.78, 5) is 13.7. The van der Waals surface area contributed by atoms with Crippen LogP contribution in [0.1, 0.15) is 39.2 Å². The number of rotatable bonds is 8. The van der Waals surface area contributed by atoms with Gasteiger partial charge >= 0.3 is 0 Å². The van der Waals surface area contributed by atoms with Gasteiger partial charge in [0.1, 0.15) is 17.6 Å². The van der Waals surface area contributed by atoms with Crippen molar-refractivity contribution in [2.75, 3.05) is 24.6 Å². The lowest BCUT2D eigenvalue weighted by molar-refractivity contribution is -0.120. The SMILES string of the molecule is CC(=O)NC(C)(C)c1ccc(N2CC(Oc3ccc(OCC4CC4)cc3)C2)cc1. The molecule has 5 heteroatoms. The smallest absolute Gasteiger partial charge is 0.217 e. The van der Waals surface area contributed by atoms with Gasteiger partial charge in [-0.3, -0.25) is 4.79 Å². The summed E-state index contributed by atoms with van der Waals surface area (Å²) < 4.78 is 11.8. The average molecular weight is 395 g/mol. The van der Waals surface area contributed by atoms with Gasteiger partial charge in [0.2, 0.25) is 5.91 Å². The summed E-state index contributed by atoms with van der Waals surface area (Å²) in [5.41, 5.74) is 1.89. The van der Waals surface area contributed by atoms with Gasteiger partial charge in [-0.1, -0.05) is 12.1 Å². The Morgan fingerprint density at radius 1 is 1.03 bits per heavy atom. The Labute approximate surface area is 173 Å². The van der Waals surface area contributed by atoms with E-state index in [1.165, 1.54) is 18.5 Å². The first-order valence-electron chi connectivity index (χ1n) is 10.4. The molecule has 0 radical (unpaired) electrons. The van der Waals surface area contributed by atoms with Crippen LogP contribution < -0.4 is 19.7 Å². The molecule has 2 fully saturated rings. The lowest BCUT2D eigenvalue weighted by Crippen LogP contribution is -2.54. The van der Waals surface area contributed by atoms with Crippen molar-refractivity contribution in [1.29, 1.82) is 0 Å². The average Bonchev–Trinajstić information content (AvgIpc) is 3.47. The molecule has 0 unspecified atom stereocenters. The van der Waals surface area contributed by atoms with Crippen LogP contribution in [0.5, 0.6) is 11.5 Å². The van der Waals surface area contributed by atoms with Crippen LogP contribution in [0.4, 0.5) is 5.69 Å².